The van der Waals surface area contributed by atoms with Gasteiger partial charge >= 0.3 is 0 Å². The summed E-state index contributed by atoms with van der Waals surface area (Å²) in [5, 5.41) is 11.2. The molecule has 156 valence electrons. The van der Waals surface area contributed by atoms with Gasteiger partial charge in [-0.05, 0) is 48.4 Å². The summed E-state index contributed by atoms with van der Waals surface area (Å²) in [6.07, 6.45) is 2.32. The second-order valence-corrected chi connectivity index (χ2v) is 7.87. The van der Waals surface area contributed by atoms with Gasteiger partial charge in [0.15, 0.2) is 0 Å². The van der Waals surface area contributed by atoms with E-state index in [0.29, 0.717) is 11.3 Å². The molecule has 1 aromatic heterocycles. The lowest BCUT2D eigenvalue weighted by Crippen LogP contribution is -2.29. The van der Waals surface area contributed by atoms with Crippen molar-refractivity contribution in [3.05, 3.63) is 95.0 Å². The monoisotopic (exact) mass is 415 g/mol. The summed E-state index contributed by atoms with van der Waals surface area (Å²) in [6, 6.07) is 17.4. The molecule has 1 amide bonds. The number of hydrogen-bond acceptors (Lipinski definition) is 5. The van der Waals surface area contributed by atoms with Gasteiger partial charge in [0.2, 0.25) is 0 Å². The van der Waals surface area contributed by atoms with Gasteiger partial charge in [0.25, 0.3) is 11.7 Å². The number of aliphatic hydroxyl groups is 1. The minimum atomic E-state index is -0.713. The van der Waals surface area contributed by atoms with E-state index in [2.05, 4.69) is 0 Å². The SMILES string of the molecule is CC1Cc2cc(/C(O)=C3\C(=O)C(=O)N(Cc4ccco4)C3c3ccccc3)ccc2O1. The Kier molecular flexibility index (Phi) is 4.62. The third-order valence-electron chi connectivity index (χ3n) is 5.73. The van der Waals surface area contributed by atoms with Crippen molar-refractivity contribution in [1.82, 2.24) is 4.90 Å². The molecule has 2 atom stereocenters. The number of aliphatic hydroxyl groups excluding tert-OH is 1. The molecule has 2 aromatic carbocycles. The van der Waals surface area contributed by atoms with E-state index < -0.39 is 17.7 Å². The van der Waals surface area contributed by atoms with Crippen molar-refractivity contribution < 1.29 is 23.8 Å². The maximum atomic E-state index is 13.1. The number of carbonyl (C=O) groups excluding carboxylic acids is 2. The van der Waals surface area contributed by atoms with Gasteiger partial charge in [0.1, 0.15) is 23.4 Å². The highest BCUT2D eigenvalue weighted by molar-refractivity contribution is 6.46. The molecule has 3 aromatic rings. The van der Waals surface area contributed by atoms with E-state index in [-0.39, 0.29) is 24.0 Å². The summed E-state index contributed by atoms with van der Waals surface area (Å²) < 4.78 is 11.1. The summed E-state index contributed by atoms with van der Waals surface area (Å²) in [5.41, 5.74) is 2.29. The molecule has 0 saturated carbocycles. The molecular weight excluding hydrogens is 394 g/mol. The van der Waals surface area contributed by atoms with Crippen LogP contribution in [0.25, 0.3) is 5.76 Å². The normalized spacial score (nSPS) is 21.9. The van der Waals surface area contributed by atoms with Gasteiger partial charge in [-0.15, -0.1) is 0 Å². The highest BCUT2D eigenvalue weighted by atomic mass is 16.5. The largest absolute Gasteiger partial charge is 0.507 e. The summed E-state index contributed by atoms with van der Waals surface area (Å²) in [4.78, 5) is 27.5. The lowest BCUT2D eigenvalue weighted by Gasteiger charge is -2.24. The Morgan fingerprint density at radius 3 is 2.65 bits per heavy atom. The fraction of sp³-hybridized carbons (Fsp3) is 0.200. The average molecular weight is 415 g/mol. The molecule has 0 radical (unpaired) electrons. The van der Waals surface area contributed by atoms with Crippen LogP contribution in [0.3, 0.4) is 0 Å². The number of hydrogen-bond donors (Lipinski definition) is 1. The predicted molar refractivity (Wildman–Crippen MR) is 113 cm³/mol. The molecule has 1 N–H and O–H groups in total. The number of benzene rings is 2. The molecule has 1 saturated heterocycles. The van der Waals surface area contributed by atoms with Gasteiger partial charge in [-0.3, -0.25) is 9.59 Å². The van der Waals surface area contributed by atoms with Gasteiger partial charge in [0, 0.05) is 12.0 Å². The highest BCUT2D eigenvalue weighted by Gasteiger charge is 2.46. The van der Waals surface area contributed by atoms with Crippen molar-refractivity contribution >= 4 is 17.4 Å². The third-order valence-corrected chi connectivity index (χ3v) is 5.73. The predicted octanol–water partition coefficient (Wildman–Crippen LogP) is 4.22. The molecular formula is C25H21NO5. The summed E-state index contributed by atoms with van der Waals surface area (Å²) in [6.45, 7) is 2.11. The van der Waals surface area contributed by atoms with Gasteiger partial charge in [-0.1, -0.05) is 30.3 Å². The smallest absolute Gasteiger partial charge is 0.296 e. The van der Waals surface area contributed by atoms with Crippen LogP contribution >= 0.6 is 0 Å². The van der Waals surface area contributed by atoms with E-state index in [9.17, 15) is 14.7 Å². The minimum Gasteiger partial charge on any atom is -0.507 e. The zero-order valence-corrected chi connectivity index (χ0v) is 16.9. The van der Waals surface area contributed by atoms with Crippen LogP contribution in [0.4, 0.5) is 0 Å². The first-order valence-corrected chi connectivity index (χ1v) is 10.2. The van der Waals surface area contributed by atoms with Crippen molar-refractivity contribution in [3.63, 3.8) is 0 Å². The molecule has 0 aliphatic carbocycles. The number of furan rings is 1. The highest BCUT2D eigenvalue weighted by Crippen LogP contribution is 2.41. The second kappa shape index (κ2) is 7.47. The Labute approximate surface area is 179 Å². The number of nitrogens with zero attached hydrogens (tertiary/aromatic N) is 1. The van der Waals surface area contributed by atoms with Crippen molar-refractivity contribution in [2.24, 2.45) is 0 Å². The number of Topliss-reactive ketones (excluding diaryl/α,β-unsaturated/α-hetero) is 1. The molecule has 0 spiro atoms. The van der Waals surface area contributed by atoms with Crippen LogP contribution in [-0.2, 0) is 22.6 Å². The number of ketones is 1. The van der Waals surface area contributed by atoms with Crippen molar-refractivity contribution in [2.45, 2.75) is 32.0 Å². The molecule has 3 heterocycles. The molecule has 2 aliphatic rings. The zero-order valence-electron chi connectivity index (χ0n) is 16.9. The lowest BCUT2D eigenvalue weighted by molar-refractivity contribution is -0.140. The minimum absolute atomic E-state index is 0.0654. The fourth-order valence-corrected chi connectivity index (χ4v) is 4.32. The van der Waals surface area contributed by atoms with Gasteiger partial charge in [-0.25, -0.2) is 0 Å². The van der Waals surface area contributed by atoms with Crippen molar-refractivity contribution in [3.8, 4) is 5.75 Å². The molecule has 2 unspecified atom stereocenters. The number of likely N-dealkylation sites (tertiary alicyclic amines) is 1. The molecule has 1 fully saturated rings. The van der Waals surface area contributed by atoms with Crippen LogP contribution in [0.5, 0.6) is 5.75 Å². The van der Waals surface area contributed by atoms with E-state index >= 15 is 0 Å². The van der Waals surface area contributed by atoms with E-state index in [1.165, 1.54) is 11.2 Å². The molecule has 6 nitrogen and oxygen atoms in total. The number of amides is 1. The van der Waals surface area contributed by atoms with Crippen LogP contribution in [0, 0.1) is 0 Å². The molecule has 6 heteroatoms. The van der Waals surface area contributed by atoms with Crippen LogP contribution in [0.2, 0.25) is 0 Å². The summed E-state index contributed by atoms with van der Waals surface area (Å²) >= 11 is 0. The molecule has 5 rings (SSSR count). The number of fused-ring (bicyclic) bond motifs is 1. The van der Waals surface area contributed by atoms with Crippen LogP contribution in [-0.4, -0.2) is 27.8 Å². The third kappa shape index (κ3) is 3.30. The van der Waals surface area contributed by atoms with E-state index in [1.807, 2.05) is 43.3 Å². The number of ether oxygens (including phenoxy) is 1. The van der Waals surface area contributed by atoms with Crippen molar-refractivity contribution in [1.29, 1.82) is 0 Å². The molecule has 2 aliphatic heterocycles. The number of carbonyl (C=O) groups is 2. The van der Waals surface area contributed by atoms with E-state index in [0.717, 1.165) is 23.3 Å². The van der Waals surface area contributed by atoms with Gasteiger partial charge in [-0.2, -0.15) is 0 Å². The molecule has 31 heavy (non-hydrogen) atoms. The van der Waals surface area contributed by atoms with Crippen LogP contribution < -0.4 is 4.74 Å². The Morgan fingerprint density at radius 2 is 1.90 bits per heavy atom. The quantitative estimate of drug-likeness (QED) is 0.392. The average Bonchev–Trinajstić information content (AvgIpc) is 3.48. The van der Waals surface area contributed by atoms with Crippen molar-refractivity contribution in [2.75, 3.05) is 0 Å². The lowest BCUT2D eigenvalue weighted by atomic mass is 9.94. The summed E-state index contributed by atoms with van der Waals surface area (Å²) in [7, 11) is 0. The zero-order chi connectivity index (χ0) is 21.5. The van der Waals surface area contributed by atoms with Gasteiger partial charge in [0.05, 0.1) is 24.4 Å². The first-order valence-electron chi connectivity index (χ1n) is 10.2. The maximum absolute atomic E-state index is 13.1. The summed E-state index contributed by atoms with van der Waals surface area (Å²) in [5.74, 6) is -0.210. The Bertz CT molecular complexity index is 1180. The Morgan fingerprint density at radius 1 is 1.10 bits per heavy atom. The molecule has 0 bridgehead atoms. The number of rotatable bonds is 4. The first-order chi connectivity index (χ1) is 15.0. The topological polar surface area (TPSA) is 80.0 Å². The van der Waals surface area contributed by atoms with Crippen LogP contribution in [0.1, 0.15) is 35.4 Å². The standard InChI is InChI=1S/C25H21NO5/c1-15-12-18-13-17(9-10-20(18)31-15)23(27)21-22(16-6-3-2-4-7-16)26(25(29)24(21)28)14-19-8-5-11-30-19/h2-11,13,15,22,27H,12,14H2,1H3/b23-21+. The maximum Gasteiger partial charge on any atom is 0.296 e. The Hall–Kier alpha value is -3.80. The first kappa shape index (κ1) is 19.2. The van der Waals surface area contributed by atoms with E-state index in [4.69, 9.17) is 9.15 Å². The van der Waals surface area contributed by atoms with E-state index in [1.54, 1.807) is 24.3 Å². The van der Waals surface area contributed by atoms with Crippen LogP contribution in [0.15, 0.2) is 76.9 Å². The fourth-order valence-electron chi connectivity index (χ4n) is 4.32. The van der Waals surface area contributed by atoms with Gasteiger partial charge < -0.3 is 19.2 Å². The second-order valence-electron chi connectivity index (χ2n) is 7.87. The Balaban J connectivity index is 1.62.